The van der Waals surface area contributed by atoms with Crippen LogP contribution in [0.25, 0.3) is 0 Å². The predicted molar refractivity (Wildman–Crippen MR) is 153 cm³/mol. The summed E-state index contributed by atoms with van der Waals surface area (Å²) in [6.07, 6.45) is 5.09. The third kappa shape index (κ3) is 7.33. The van der Waals surface area contributed by atoms with Gasteiger partial charge in [-0.1, -0.05) is 55.1 Å². The molecule has 0 saturated carbocycles. The Morgan fingerprint density at radius 3 is 2.50 bits per heavy atom. The number of imide groups is 1. The maximum atomic E-state index is 12.6. The van der Waals surface area contributed by atoms with Gasteiger partial charge < -0.3 is 14.4 Å². The minimum Gasteiger partial charge on any atom is -0.494 e. The third-order valence-electron chi connectivity index (χ3n) is 7.09. The van der Waals surface area contributed by atoms with Crippen LogP contribution in [0, 0.1) is 0 Å². The molecular weight excluding hydrogens is 525 g/mol. The largest absolute Gasteiger partial charge is 0.494 e. The summed E-state index contributed by atoms with van der Waals surface area (Å²) < 4.78 is 11.4. The van der Waals surface area contributed by atoms with E-state index >= 15 is 0 Å². The zero-order valence-corrected chi connectivity index (χ0v) is 23.6. The number of rotatable bonds is 11. The van der Waals surface area contributed by atoms with Crippen LogP contribution in [0.2, 0.25) is 10.0 Å². The van der Waals surface area contributed by atoms with E-state index in [9.17, 15) is 9.59 Å². The van der Waals surface area contributed by atoms with Gasteiger partial charge in [0.15, 0.2) is 0 Å². The van der Waals surface area contributed by atoms with E-state index in [2.05, 4.69) is 16.7 Å². The molecule has 0 unspecified atom stereocenters. The number of carbonyl (C=O) groups is 2. The van der Waals surface area contributed by atoms with Gasteiger partial charge in [0, 0.05) is 38.7 Å². The molecule has 0 aliphatic carbocycles. The van der Waals surface area contributed by atoms with E-state index < -0.39 is 6.09 Å². The van der Waals surface area contributed by atoms with Crippen molar-refractivity contribution >= 4 is 46.6 Å². The maximum Gasteiger partial charge on any atom is 0.421 e. The average Bonchev–Trinajstić information content (AvgIpc) is 2.92. The van der Waals surface area contributed by atoms with E-state index in [0.717, 1.165) is 76.1 Å². The molecule has 0 spiro atoms. The predicted octanol–water partition coefficient (Wildman–Crippen LogP) is 6.58. The second-order valence-corrected chi connectivity index (χ2v) is 10.6. The van der Waals surface area contributed by atoms with Crippen molar-refractivity contribution < 1.29 is 19.1 Å². The summed E-state index contributed by atoms with van der Waals surface area (Å²) in [5, 5.41) is 1.21. The third-order valence-corrected chi connectivity index (χ3v) is 7.90. The number of benzene rings is 2. The normalized spacial score (nSPS) is 15.9. The summed E-state index contributed by atoms with van der Waals surface area (Å²) in [7, 11) is 0. The van der Waals surface area contributed by atoms with Gasteiger partial charge in [0.2, 0.25) is 5.91 Å². The molecule has 2 heterocycles. The Labute approximate surface area is 235 Å². The number of piperazine rings is 1. The highest BCUT2D eigenvalue weighted by Gasteiger charge is 2.31. The molecule has 0 radical (unpaired) electrons. The van der Waals surface area contributed by atoms with Crippen LogP contribution in [0.1, 0.15) is 51.0 Å². The van der Waals surface area contributed by atoms with Gasteiger partial charge in [0.25, 0.3) is 0 Å². The highest BCUT2D eigenvalue weighted by atomic mass is 35.5. The van der Waals surface area contributed by atoms with Crippen molar-refractivity contribution in [2.24, 2.45) is 0 Å². The van der Waals surface area contributed by atoms with E-state index in [1.807, 2.05) is 30.3 Å². The number of ether oxygens (including phenoxy) is 2. The zero-order chi connectivity index (χ0) is 26.9. The van der Waals surface area contributed by atoms with Gasteiger partial charge >= 0.3 is 6.09 Å². The first-order chi connectivity index (χ1) is 18.5. The van der Waals surface area contributed by atoms with Crippen LogP contribution in [0.15, 0.2) is 36.4 Å². The van der Waals surface area contributed by atoms with Gasteiger partial charge in [-0.2, -0.15) is 0 Å². The second kappa shape index (κ2) is 14.1. The second-order valence-electron chi connectivity index (χ2n) is 9.80. The molecule has 4 rings (SSSR count). The lowest BCUT2D eigenvalue weighted by molar-refractivity contribution is -0.118. The SMILES string of the molecule is CCCCCOC(=O)N1C(=O)CCc2ccc(OCCCCN3CCN(c4cccc(Cl)c4Cl)CC3)cc21. The Bertz CT molecular complexity index is 1110. The zero-order valence-electron chi connectivity index (χ0n) is 22.1. The molecule has 9 heteroatoms. The van der Waals surface area contributed by atoms with Crippen LogP contribution in [0.3, 0.4) is 0 Å². The van der Waals surface area contributed by atoms with E-state index in [0.29, 0.717) is 47.5 Å². The number of hydrogen-bond donors (Lipinski definition) is 0. The minimum atomic E-state index is -0.595. The van der Waals surface area contributed by atoms with Crippen molar-refractivity contribution in [2.45, 2.75) is 51.9 Å². The minimum absolute atomic E-state index is 0.229. The topological polar surface area (TPSA) is 62.3 Å². The fourth-order valence-corrected chi connectivity index (χ4v) is 5.31. The molecule has 0 atom stereocenters. The Morgan fingerprint density at radius 2 is 1.71 bits per heavy atom. The molecule has 2 aliphatic heterocycles. The van der Waals surface area contributed by atoms with Crippen LogP contribution in [-0.2, 0) is 16.0 Å². The number of unbranched alkanes of at least 4 members (excludes halogenated alkanes) is 3. The average molecular weight is 563 g/mol. The van der Waals surface area contributed by atoms with E-state index in [1.165, 1.54) is 4.90 Å². The lowest BCUT2D eigenvalue weighted by Crippen LogP contribution is -2.46. The van der Waals surface area contributed by atoms with Crippen LogP contribution >= 0.6 is 23.2 Å². The molecular formula is C29H37Cl2N3O4. The van der Waals surface area contributed by atoms with E-state index in [4.69, 9.17) is 32.7 Å². The van der Waals surface area contributed by atoms with Crippen LogP contribution in [0.5, 0.6) is 5.75 Å². The highest BCUT2D eigenvalue weighted by molar-refractivity contribution is 6.43. The molecule has 2 aromatic rings. The van der Waals surface area contributed by atoms with Crippen molar-refractivity contribution in [3.63, 3.8) is 0 Å². The number of fused-ring (bicyclic) bond motifs is 1. The lowest BCUT2D eigenvalue weighted by atomic mass is 10.0. The first-order valence-corrected chi connectivity index (χ1v) is 14.4. The maximum absolute atomic E-state index is 12.6. The summed E-state index contributed by atoms with van der Waals surface area (Å²) in [6.45, 7) is 7.80. The van der Waals surface area contributed by atoms with Gasteiger partial charge in [-0.25, -0.2) is 9.69 Å². The Balaban J connectivity index is 1.21. The summed E-state index contributed by atoms with van der Waals surface area (Å²) in [5.74, 6) is 0.433. The van der Waals surface area contributed by atoms with Gasteiger partial charge in [0.1, 0.15) is 5.75 Å². The number of carbonyl (C=O) groups excluding carboxylic acids is 2. The van der Waals surface area contributed by atoms with Gasteiger partial charge in [-0.15, -0.1) is 0 Å². The number of halogens is 2. The van der Waals surface area contributed by atoms with Crippen molar-refractivity contribution in [1.82, 2.24) is 4.90 Å². The van der Waals surface area contributed by atoms with Crippen molar-refractivity contribution in [3.8, 4) is 5.75 Å². The standard InChI is InChI=1S/C29H37Cl2N3O4/c1-2-3-5-20-38-29(36)34-26-21-23(12-10-22(26)11-13-27(34)35)37-19-6-4-14-32-15-17-33(18-16-32)25-9-7-8-24(30)28(25)31/h7-10,12,21H,2-6,11,13-20H2,1H3. The summed E-state index contributed by atoms with van der Waals surface area (Å²) in [6, 6.07) is 11.4. The molecule has 38 heavy (non-hydrogen) atoms. The van der Waals surface area contributed by atoms with Crippen LogP contribution in [0.4, 0.5) is 16.2 Å². The fourth-order valence-electron chi connectivity index (χ4n) is 4.89. The first-order valence-electron chi connectivity index (χ1n) is 13.6. The Morgan fingerprint density at radius 1 is 0.921 bits per heavy atom. The molecule has 2 amide bonds. The molecule has 0 aromatic heterocycles. The number of hydrogen-bond acceptors (Lipinski definition) is 6. The summed E-state index contributed by atoms with van der Waals surface area (Å²) in [5.41, 5.74) is 2.54. The number of amides is 2. The Hall–Kier alpha value is -2.48. The Kier molecular flexibility index (Phi) is 10.6. The monoisotopic (exact) mass is 561 g/mol. The first kappa shape index (κ1) is 28.5. The molecule has 1 saturated heterocycles. The molecule has 1 fully saturated rings. The number of nitrogens with zero attached hydrogens (tertiary/aromatic N) is 3. The molecule has 2 aliphatic rings. The molecule has 0 N–H and O–H groups in total. The molecule has 0 bridgehead atoms. The molecule has 2 aromatic carbocycles. The fraction of sp³-hybridized carbons (Fsp3) is 0.517. The summed E-state index contributed by atoms with van der Waals surface area (Å²) >= 11 is 12.6. The van der Waals surface area contributed by atoms with Gasteiger partial charge in [-0.3, -0.25) is 9.69 Å². The summed E-state index contributed by atoms with van der Waals surface area (Å²) in [4.78, 5) is 31.1. The van der Waals surface area contributed by atoms with Gasteiger partial charge in [0.05, 0.1) is 34.6 Å². The van der Waals surface area contributed by atoms with E-state index in [-0.39, 0.29) is 5.91 Å². The van der Waals surface area contributed by atoms with Crippen molar-refractivity contribution in [3.05, 3.63) is 52.0 Å². The van der Waals surface area contributed by atoms with Crippen molar-refractivity contribution in [2.75, 3.05) is 55.7 Å². The number of aryl methyl sites for hydroxylation is 1. The smallest absolute Gasteiger partial charge is 0.421 e. The van der Waals surface area contributed by atoms with Gasteiger partial charge in [-0.05, 0) is 56.0 Å². The highest BCUT2D eigenvalue weighted by Crippen LogP contribution is 2.34. The quantitative estimate of drug-likeness (QED) is 0.289. The molecule has 7 nitrogen and oxygen atoms in total. The van der Waals surface area contributed by atoms with Crippen LogP contribution < -0.4 is 14.5 Å². The lowest BCUT2D eigenvalue weighted by Gasteiger charge is -2.36. The van der Waals surface area contributed by atoms with Crippen LogP contribution in [-0.4, -0.2) is 62.8 Å². The van der Waals surface area contributed by atoms with Crippen molar-refractivity contribution in [1.29, 1.82) is 0 Å². The molecule has 206 valence electrons. The number of anilines is 2. The van der Waals surface area contributed by atoms with E-state index in [1.54, 1.807) is 6.07 Å².